The molecule has 0 unspecified atom stereocenters. The van der Waals surface area contributed by atoms with Crippen molar-refractivity contribution in [3.05, 3.63) is 122 Å². The Bertz CT molecular complexity index is 1410. The van der Waals surface area contributed by atoms with Crippen molar-refractivity contribution in [3.8, 4) is 5.69 Å². The number of hydrogen-bond acceptors (Lipinski definition) is 4. The molecule has 0 fully saturated rings. The van der Waals surface area contributed by atoms with Crippen LogP contribution in [-0.4, -0.2) is 20.3 Å². The van der Waals surface area contributed by atoms with E-state index in [1.54, 1.807) is 54.6 Å². The van der Waals surface area contributed by atoms with Crippen LogP contribution in [0.4, 0.5) is 10.1 Å². The van der Waals surface area contributed by atoms with E-state index in [4.69, 9.17) is 0 Å². The van der Waals surface area contributed by atoms with Gasteiger partial charge in [0.25, 0.3) is 11.5 Å². The van der Waals surface area contributed by atoms with Crippen LogP contribution in [0.15, 0.2) is 88.5 Å². The number of carbonyl (C=O) groups is 1. The number of aromatic nitrogens is 3. The van der Waals surface area contributed by atoms with Crippen LogP contribution in [0.2, 0.25) is 0 Å². The lowest BCUT2D eigenvalue weighted by Crippen LogP contribution is -2.45. The molecule has 1 N–H and O–H groups in total. The number of aryl methyl sites for hydroxylation is 1. The Labute approximate surface area is 182 Å². The predicted molar refractivity (Wildman–Crippen MR) is 119 cm³/mol. The molecule has 8 heteroatoms. The second kappa shape index (κ2) is 8.81. The van der Waals surface area contributed by atoms with Crippen molar-refractivity contribution < 1.29 is 9.18 Å². The molecule has 1 heterocycles. The fourth-order valence-electron chi connectivity index (χ4n) is 3.23. The Balaban J connectivity index is 1.88. The molecule has 1 amide bonds. The van der Waals surface area contributed by atoms with Crippen LogP contribution in [0.1, 0.15) is 21.6 Å². The van der Waals surface area contributed by atoms with Gasteiger partial charge in [-0.05, 0) is 42.8 Å². The van der Waals surface area contributed by atoms with E-state index in [9.17, 15) is 18.8 Å². The Kier molecular flexibility index (Phi) is 5.76. The molecule has 0 saturated carbocycles. The summed E-state index contributed by atoms with van der Waals surface area (Å²) in [5, 5.41) is 6.68. The van der Waals surface area contributed by atoms with Gasteiger partial charge >= 0.3 is 5.69 Å². The van der Waals surface area contributed by atoms with Crippen LogP contribution >= 0.6 is 0 Å². The largest absolute Gasteiger partial charge is 0.352 e. The van der Waals surface area contributed by atoms with Crippen LogP contribution < -0.4 is 16.6 Å². The molecular weight excluding hydrogens is 411 g/mol. The zero-order chi connectivity index (χ0) is 22.7. The third-order valence-corrected chi connectivity index (χ3v) is 4.84. The van der Waals surface area contributed by atoms with E-state index in [1.807, 2.05) is 13.0 Å². The van der Waals surface area contributed by atoms with Crippen molar-refractivity contribution in [1.29, 1.82) is 0 Å². The first-order chi connectivity index (χ1) is 15.4. The monoisotopic (exact) mass is 430 g/mol. The first-order valence-electron chi connectivity index (χ1n) is 9.85. The third kappa shape index (κ3) is 4.24. The van der Waals surface area contributed by atoms with Gasteiger partial charge in [0.15, 0.2) is 0 Å². The van der Waals surface area contributed by atoms with Crippen LogP contribution in [0, 0.1) is 12.7 Å². The summed E-state index contributed by atoms with van der Waals surface area (Å²) >= 11 is 0. The summed E-state index contributed by atoms with van der Waals surface area (Å²) in [5.41, 5.74) is -0.317. The summed E-state index contributed by atoms with van der Waals surface area (Å²) in [7, 11) is 0. The lowest BCUT2D eigenvalue weighted by Gasteiger charge is -2.13. The summed E-state index contributed by atoms with van der Waals surface area (Å²) in [6.45, 7) is 1.50. The maximum absolute atomic E-state index is 14.2. The number of nitrogens with zero attached hydrogens (tertiary/aromatic N) is 3. The number of nitrogens with one attached hydrogen (secondary N) is 1. The second-order valence-electron chi connectivity index (χ2n) is 7.18. The number of anilines is 1. The van der Waals surface area contributed by atoms with Gasteiger partial charge in [-0.1, -0.05) is 48.5 Å². The van der Waals surface area contributed by atoms with Crippen molar-refractivity contribution >= 4 is 11.6 Å². The first-order valence-corrected chi connectivity index (χ1v) is 9.85. The number of para-hydroxylation sites is 1. The average molecular weight is 430 g/mol. The highest BCUT2D eigenvalue weighted by Gasteiger charge is 2.21. The number of halogens is 1. The van der Waals surface area contributed by atoms with Gasteiger partial charge in [-0.15, -0.1) is 0 Å². The Morgan fingerprint density at radius 3 is 2.41 bits per heavy atom. The number of carbonyl (C=O) groups excluding carboxylic acids is 1. The summed E-state index contributed by atoms with van der Waals surface area (Å²) in [4.78, 5) is 39.1. The standard InChI is InChI=1S/C24H19FN4O3/c1-16-8-7-12-19(14-16)29-24(32)28(15-17-9-5-6-13-20(17)25)23(31)21(27-29)22(30)26-18-10-3-2-4-11-18/h2-14H,15H2,1H3,(H,26,30). The van der Waals surface area contributed by atoms with Crippen LogP contribution in [0.25, 0.3) is 5.69 Å². The molecule has 0 saturated heterocycles. The van der Waals surface area contributed by atoms with Gasteiger partial charge < -0.3 is 5.32 Å². The van der Waals surface area contributed by atoms with Gasteiger partial charge in [0.2, 0.25) is 5.69 Å². The van der Waals surface area contributed by atoms with E-state index in [1.165, 1.54) is 18.2 Å². The van der Waals surface area contributed by atoms with Crippen molar-refractivity contribution in [2.75, 3.05) is 5.32 Å². The quantitative estimate of drug-likeness (QED) is 0.527. The van der Waals surface area contributed by atoms with E-state index in [0.717, 1.165) is 14.8 Å². The highest BCUT2D eigenvalue weighted by Crippen LogP contribution is 2.10. The smallest absolute Gasteiger partial charge is 0.320 e. The highest BCUT2D eigenvalue weighted by molar-refractivity contribution is 6.02. The molecule has 0 aliphatic rings. The van der Waals surface area contributed by atoms with Crippen molar-refractivity contribution in [2.45, 2.75) is 13.5 Å². The van der Waals surface area contributed by atoms with E-state index >= 15 is 0 Å². The molecule has 0 aliphatic heterocycles. The molecule has 0 radical (unpaired) electrons. The summed E-state index contributed by atoms with van der Waals surface area (Å²) in [5.74, 6) is -1.34. The predicted octanol–water partition coefficient (Wildman–Crippen LogP) is 3.14. The number of amides is 1. The molecule has 0 aliphatic carbocycles. The normalized spacial score (nSPS) is 10.7. The third-order valence-electron chi connectivity index (χ3n) is 4.84. The number of rotatable bonds is 5. The zero-order valence-corrected chi connectivity index (χ0v) is 17.2. The van der Waals surface area contributed by atoms with Gasteiger partial charge in [0, 0.05) is 11.3 Å². The fraction of sp³-hybridized carbons (Fsp3) is 0.0833. The Hall–Kier alpha value is -4.33. The van der Waals surface area contributed by atoms with Crippen molar-refractivity contribution in [2.24, 2.45) is 0 Å². The Morgan fingerprint density at radius 2 is 1.69 bits per heavy atom. The van der Waals surface area contributed by atoms with Gasteiger partial charge in [0.05, 0.1) is 12.2 Å². The van der Waals surface area contributed by atoms with E-state index in [2.05, 4.69) is 10.4 Å². The molecule has 32 heavy (non-hydrogen) atoms. The molecule has 4 rings (SSSR count). The van der Waals surface area contributed by atoms with Gasteiger partial charge in [-0.25, -0.2) is 9.18 Å². The van der Waals surface area contributed by atoms with E-state index < -0.39 is 28.7 Å². The molecule has 4 aromatic rings. The van der Waals surface area contributed by atoms with Crippen LogP contribution in [-0.2, 0) is 6.54 Å². The van der Waals surface area contributed by atoms with Crippen LogP contribution in [0.5, 0.6) is 0 Å². The minimum Gasteiger partial charge on any atom is -0.320 e. The zero-order valence-electron chi connectivity index (χ0n) is 17.2. The minimum absolute atomic E-state index is 0.142. The molecule has 0 atom stereocenters. The topological polar surface area (TPSA) is 86.0 Å². The lowest BCUT2D eigenvalue weighted by atomic mass is 10.2. The molecule has 160 valence electrons. The molecule has 3 aromatic carbocycles. The van der Waals surface area contributed by atoms with Gasteiger partial charge in [-0.3, -0.25) is 14.2 Å². The average Bonchev–Trinajstić information content (AvgIpc) is 2.78. The van der Waals surface area contributed by atoms with Crippen LogP contribution in [0.3, 0.4) is 0 Å². The number of hydrogen-bond donors (Lipinski definition) is 1. The summed E-state index contributed by atoms with van der Waals surface area (Å²) in [6.07, 6.45) is 0. The lowest BCUT2D eigenvalue weighted by molar-refractivity contribution is 0.101. The Morgan fingerprint density at radius 1 is 0.969 bits per heavy atom. The molecule has 0 bridgehead atoms. The SMILES string of the molecule is Cc1cccc(-n2nc(C(=O)Nc3ccccc3)c(=O)n(Cc3ccccc3F)c2=O)c1. The molecular formula is C24H19FN4O3. The first kappa shape index (κ1) is 20.9. The molecule has 1 aromatic heterocycles. The van der Waals surface area contributed by atoms with E-state index in [0.29, 0.717) is 11.4 Å². The maximum atomic E-state index is 14.2. The van der Waals surface area contributed by atoms with Crippen molar-refractivity contribution in [1.82, 2.24) is 14.3 Å². The summed E-state index contributed by atoms with van der Waals surface area (Å²) in [6, 6.07) is 21.3. The fourth-order valence-corrected chi connectivity index (χ4v) is 3.23. The van der Waals surface area contributed by atoms with Gasteiger partial charge in [-0.2, -0.15) is 9.78 Å². The molecule has 0 spiro atoms. The summed E-state index contributed by atoms with van der Waals surface area (Å²) < 4.78 is 16.0. The van der Waals surface area contributed by atoms with E-state index in [-0.39, 0.29) is 12.1 Å². The van der Waals surface area contributed by atoms with Crippen molar-refractivity contribution in [3.63, 3.8) is 0 Å². The minimum atomic E-state index is -0.907. The highest BCUT2D eigenvalue weighted by atomic mass is 19.1. The van der Waals surface area contributed by atoms with Gasteiger partial charge in [0.1, 0.15) is 5.82 Å². The second-order valence-corrected chi connectivity index (χ2v) is 7.18. The number of benzene rings is 3. The maximum Gasteiger partial charge on any atom is 0.352 e. The molecule has 7 nitrogen and oxygen atoms in total.